The summed E-state index contributed by atoms with van der Waals surface area (Å²) >= 11 is 3.35. The Hall–Kier alpha value is -0.540. The molecular formula is C9H11BrO2. The van der Waals surface area contributed by atoms with Crippen molar-refractivity contribution >= 4 is 15.9 Å². The predicted molar refractivity (Wildman–Crippen MR) is 51.4 cm³/mol. The van der Waals surface area contributed by atoms with Crippen LogP contribution in [0.15, 0.2) is 16.6 Å². The predicted octanol–water partition coefficient (Wildman–Crippen LogP) is 2.26. The van der Waals surface area contributed by atoms with Gasteiger partial charge in [0.25, 0.3) is 0 Å². The van der Waals surface area contributed by atoms with E-state index in [-0.39, 0.29) is 6.61 Å². The van der Waals surface area contributed by atoms with Crippen molar-refractivity contribution < 1.29 is 9.84 Å². The molecule has 0 radical (unpaired) electrons. The number of aliphatic hydroxyl groups is 1. The first-order valence-electron chi connectivity index (χ1n) is 3.63. The molecule has 0 aromatic heterocycles. The molecule has 0 atom stereocenters. The molecule has 0 bridgehead atoms. The van der Waals surface area contributed by atoms with Crippen molar-refractivity contribution in [2.24, 2.45) is 0 Å². The maximum atomic E-state index is 9.00. The molecule has 1 rings (SSSR count). The molecule has 0 aliphatic rings. The van der Waals surface area contributed by atoms with Gasteiger partial charge in [-0.05, 0) is 24.6 Å². The highest BCUT2D eigenvalue weighted by molar-refractivity contribution is 9.10. The molecule has 0 aliphatic carbocycles. The van der Waals surface area contributed by atoms with Gasteiger partial charge < -0.3 is 9.84 Å². The van der Waals surface area contributed by atoms with Crippen molar-refractivity contribution in [1.82, 2.24) is 0 Å². The summed E-state index contributed by atoms with van der Waals surface area (Å²) in [5, 5.41) is 9.00. The van der Waals surface area contributed by atoms with E-state index in [4.69, 9.17) is 9.84 Å². The molecule has 0 saturated carbocycles. The van der Waals surface area contributed by atoms with Gasteiger partial charge in [0.1, 0.15) is 5.75 Å². The van der Waals surface area contributed by atoms with E-state index in [9.17, 15) is 0 Å². The van der Waals surface area contributed by atoms with Crippen LogP contribution >= 0.6 is 15.9 Å². The molecule has 0 aliphatic heterocycles. The Bertz CT molecular complexity index is 284. The number of aliphatic hydroxyl groups excluding tert-OH is 1. The standard InChI is InChI=1S/C9H11BrO2/c1-6-3-8(10)4-7(5-11)9(6)12-2/h3-4,11H,5H2,1-2H3. The summed E-state index contributed by atoms with van der Waals surface area (Å²) in [5.74, 6) is 0.765. The molecule has 1 N–H and O–H groups in total. The smallest absolute Gasteiger partial charge is 0.127 e. The average Bonchev–Trinajstić information content (AvgIpc) is 2.03. The van der Waals surface area contributed by atoms with Gasteiger partial charge in [0.15, 0.2) is 0 Å². The summed E-state index contributed by atoms with van der Waals surface area (Å²) in [6.45, 7) is 1.95. The molecular weight excluding hydrogens is 220 g/mol. The summed E-state index contributed by atoms with van der Waals surface area (Å²) in [6, 6.07) is 3.81. The summed E-state index contributed by atoms with van der Waals surface area (Å²) in [4.78, 5) is 0. The summed E-state index contributed by atoms with van der Waals surface area (Å²) in [6.07, 6.45) is 0. The van der Waals surface area contributed by atoms with Gasteiger partial charge in [0.2, 0.25) is 0 Å². The van der Waals surface area contributed by atoms with Crippen molar-refractivity contribution in [3.8, 4) is 5.75 Å². The van der Waals surface area contributed by atoms with Crippen LogP contribution in [0.5, 0.6) is 5.75 Å². The van der Waals surface area contributed by atoms with Crippen LogP contribution in [0.25, 0.3) is 0 Å². The molecule has 0 heterocycles. The number of hydrogen-bond donors (Lipinski definition) is 1. The van der Waals surface area contributed by atoms with Gasteiger partial charge in [-0.25, -0.2) is 0 Å². The first-order valence-corrected chi connectivity index (χ1v) is 4.42. The van der Waals surface area contributed by atoms with E-state index in [1.165, 1.54) is 0 Å². The number of halogens is 1. The largest absolute Gasteiger partial charge is 0.496 e. The Morgan fingerprint density at radius 3 is 2.67 bits per heavy atom. The molecule has 0 spiro atoms. The van der Waals surface area contributed by atoms with Crippen LogP contribution in [0.1, 0.15) is 11.1 Å². The monoisotopic (exact) mass is 230 g/mol. The van der Waals surface area contributed by atoms with E-state index >= 15 is 0 Å². The van der Waals surface area contributed by atoms with Crippen molar-refractivity contribution in [3.05, 3.63) is 27.7 Å². The van der Waals surface area contributed by atoms with E-state index in [2.05, 4.69) is 15.9 Å². The Morgan fingerprint density at radius 1 is 1.50 bits per heavy atom. The van der Waals surface area contributed by atoms with Gasteiger partial charge >= 0.3 is 0 Å². The highest BCUT2D eigenvalue weighted by Crippen LogP contribution is 2.27. The molecule has 0 fully saturated rings. The maximum absolute atomic E-state index is 9.00. The Balaban J connectivity index is 3.24. The van der Waals surface area contributed by atoms with E-state index < -0.39 is 0 Å². The third kappa shape index (κ3) is 1.79. The molecule has 12 heavy (non-hydrogen) atoms. The summed E-state index contributed by atoms with van der Waals surface area (Å²) in [7, 11) is 1.61. The Morgan fingerprint density at radius 2 is 2.17 bits per heavy atom. The Kier molecular flexibility index (Phi) is 3.12. The first kappa shape index (κ1) is 9.55. The van der Waals surface area contributed by atoms with Crippen LogP contribution in [0.2, 0.25) is 0 Å². The molecule has 66 valence electrons. The fourth-order valence-electron chi connectivity index (χ4n) is 1.21. The number of ether oxygens (including phenoxy) is 1. The van der Waals surface area contributed by atoms with Crippen molar-refractivity contribution in [2.45, 2.75) is 13.5 Å². The lowest BCUT2D eigenvalue weighted by Gasteiger charge is -2.09. The normalized spacial score (nSPS) is 10.0. The fourth-order valence-corrected chi connectivity index (χ4v) is 1.83. The number of methoxy groups -OCH3 is 1. The molecule has 0 amide bonds. The van der Waals surface area contributed by atoms with Gasteiger partial charge in [-0.3, -0.25) is 0 Å². The number of aryl methyl sites for hydroxylation is 1. The zero-order chi connectivity index (χ0) is 9.14. The second-order valence-corrected chi connectivity index (χ2v) is 3.49. The van der Waals surface area contributed by atoms with E-state index in [1.54, 1.807) is 7.11 Å². The minimum Gasteiger partial charge on any atom is -0.496 e. The van der Waals surface area contributed by atoms with Crippen molar-refractivity contribution in [2.75, 3.05) is 7.11 Å². The van der Waals surface area contributed by atoms with Gasteiger partial charge in [-0.1, -0.05) is 15.9 Å². The molecule has 0 unspecified atom stereocenters. The van der Waals surface area contributed by atoms with E-state index in [1.807, 2.05) is 19.1 Å². The van der Waals surface area contributed by atoms with E-state index in [0.29, 0.717) is 0 Å². The molecule has 1 aromatic rings. The molecule has 0 saturated heterocycles. The van der Waals surface area contributed by atoms with Crippen LogP contribution in [0.3, 0.4) is 0 Å². The van der Waals surface area contributed by atoms with Crippen LogP contribution in [0, 0.1) is 6.92 Å². The maximum Gasteiger partial charge on any atom is 0.127 e. The van der Waals surface area contributed by atoms with Crippen LogP contribution < -0.4 is 4.74 Å². The third-order valence-corrected chi connectivity index (χ3v) is 2.15. The Labute approximate surface area is 80.3 Å². The van der Waals surface area contributed by atoms with Crippen molar-refractivity contribution in [3.63, 3.8) is 0 Å². The number of benzene rings is 1. The highest BCUT2D eigenvalue weighted by Gasteiger charge is 2.05. The highest BCUT2D eigenvalue weighted by atomic mass is 79.9. The average molecular weight is 231 g/mol. The van der Waals surface area contributed by atoms with Crippen LogP contribution in [0.4, 0.5) is 0 Å². The topological polar surface area (TPSA) is 29.5 Å². The quantitative estimate of drug-likeness (QED) is 0.845. The minimum atomic E-state index is 0.00343. The number of rotatable bonds is 2. The zero-order valence-electron chi connectivity index (χ0n) is 7.10. The fraction of sp³-hybridized carbons (Fsp3) is 0.333. The van der Waals surface area contributed by atoms with Crippen LogP contribution in [-0.2, 0) is 6.61 Å². The second kappa shape index (κ2) is 3.92. The summed E-state index contributed by atoms with van der Waals surface area (Å²) < 4.78 is 6.10. The lowest BCUT2D eigenvalue weighted by molar-refractivity contribution is 0.273. The lowest BCUT2D eigenvalue weighted by Crippen LogP contribution is -1.94. The number of hydrogen-bond acceptors (Lipinski definition) is 2. The first-order chi connectivity index (χ1) is 5.69. The third-order valence-electron chi connectivity index (χ3n) is 1.69. The SMILES string of the molecule is COc1c(C)cc(Br)cc1CO. The van der Waals surface area contributed by atoms with Crippen molar-refractivity contribution in [1.29, 1.82) is 0 Å². The second-order valence-electron chi connectivity index (χ2n) is 2.57. The lowest BCUT2D eigenvalue weighted by atomic mass is 10.1. The zero-order valence-corrected chi connectivity index (χ0v) is 8.68. The van der Waals surface area contributed by atoms with Gasteiger partial charge in [0.05, 0.1) is 13.7 Å². The minimum absolute atomic E-state index is 0.00343. The molecule has 3 heteroatoms. The van der Waals surface area contributed by atoms with E-state index in [0.717, 1.165) is 21.3 Å². The van der Waals surface area contributed by atoms with Crippen LogP contribution in [-0.4, -0.2) is 12.2 Å². The molecule has 1 aromatic carbocycles. The molecule has 2 nitrogen and oxygen atoms in total. The van der Waals surface area contributed by atoms with Gasteiger partial charge in [0, 0.05) is 10.0 Å². The van der Waals surface area contributed by atoms with Gasteiger partial charge in [-0.15, -0.1) is 0 Å². The summed E-state index contributed by atoms with van der Waals surface area (Å²) in [5.41, 5.74) is 1.83. The van der Waals surface area contributed by atoms with Gasteiger partial charge in [-0.2, -0.15) is 0 Å².